The molecule has 0 bridgehead atoms. The Morgan fingerprint density at radius 2 is 2.18 bits per heavy atom. The van der Waals surface area contributed by atoms with E-state index in [1.54, 1.807) is 0 Å². The molecule has 5 heteroatoms. The van der Waals surface area contributed by atoms with Crippen LogP contribution in [0.2, 0.25) is 0 Å². The maximum Gasteiger partial charge on any atom is 0.222 e. The van der Waals surface area contributed by atoms with Crippen LogP contribution in [0.4, 0.5) is 5.82 Å². The summed E-state index contributed by atoms with van der Waals surface area (Å²) in [5.41, 5.74) is 1.17. The average Bonchev–Trinajstić information content (AvgIpc) is 2.58. The van der Waals surface area contributed by atoms with Crippen LogP contribution in [-0.2, 0) is 16.0 Å². The van der Waals surface area contributed by atoms with Crippen molar-refractivity contribution in [2.24, 2.45) is 0 Å². The molecule has 0 aliphatic carbocycles. The molecule has 1 aromatic rings. The van der Waals surface area contributed by atoms with Crippen LogP contribution in [0.25, 0.3) is 0 Å². The van der Waals surface area contributed by atoms with Gasteiger partial charge in [-0.05, 0) is 30.5 Å². The zero-order chi connectivity index (χ0) is 15.8. The molecule has 1 fully saturated rings. The summed E-state index contributed by atoms with van der Waals surface area (Å²) in [5, 5.41) is 0. The molecular formula is C17H27N3O2. The number of pyridine rings is 1. The summed E-state index contributed by atoms with van der Waals surface area (Å²) in [6.45, 7) is 6.27. The highest BCUT2D eigenvalue weighted by molar-refractivity contribution is 5.76. The van der Waals surface area contributed by atoms with E-state index >= 15 is 0 Å². The Morgan fingerprint density at radius 3 is 2.91 bits per heavy atom. The largest absolute Gasteiger partial charge is 0.378 e. The molecule has 0 N–H and O–H groups in total. The number of amides is 1. The normalized spacial score (nSPS) is 14.9. The standard InChI is InChI=1S/C17H27N3O2/c1-3-4-9-19(2)17(21)6-5-15-7-8-18-16(14-15)20-10-12-22-13-11-20/h7-8,14H,3-6,9-13H2,1-2H3. The number of rotatable bonds is 7. The predicted octanol–water partition coefficient (Wildman–Crippen LogP) is 2.11. The van der Waals surface area contributed by atoms with Crippen molar-refractivity contribution in [3.05, 3.63) is 23.9 Å². The number of hydrogen-bond acceptors (Lipinski definition) is 4. The smallest absolute Gasteiger partial charge is 0.222 e. The van der Waals surface area contributed by atoms with E-state index in [-0.39, 0.29) is 5.91 Å². The number of carbonyl (C=O) groups excluding carboxylic acids is 1. The Kier molecular flexibility index (Phi) is 6.65. The number of morpholine rings is 1. The number of aromatic nitrogens is 1. The van der Waals surface area contributed by atoms with Crippen LogP contribution in [0.15, 0.2) is 18.3 Å². The molecule has 5 nitrogen and oxygen atoms in total. The first-order valence-corrected chi connectivity index (χ1v) is 8.22. The van der Waals surface area contributed by atoms with Crippen molar-refractivity contribution < 1.29 is 9.53 Å². The average molecular weight is 305 g/mol. The van der Waals surface area contributed by atoms with Crippen LogP contribution in [0.3, 0.4) is 0 Å². The zero-order valence-corrected chi connectivity index (χ0v) is 13.8. The SMILES string of the molecule is CCCCN(C)C(=O)CCc1ccnc(N2CCOCC2)c1. The van der Waals surface area contributed by atoms with E-state index in [4.69, 9.17) is 4.74 Å². The first-order chi connectivity index (χ1) is 10.7. The lowest BCUT2D eigenvalue weighted by atomic mass is 10.1. The quantitative estimate of drug-likeness (QED) is 0.774. The van der Waals surface area contributed by atoms with Gasteiger partial charge in [-0.15, -0.1) is 0 Å². The Bertz CT molecular complexity index is 473. The van der Waals surface area contributed by atoms with Crippen molar-refractivity contribution >= 4 is 11.7 Å². The summed E-state index contributed by atoms with van der Waals surface area (Å²) in [6.07, 6.45) is 5.36. The van der Waals surface area contributed by atoms with Crippen LogP contribution in [0.5, 0.6) is 0 Å². The molecule has 0 spiro atoms. The van der Waals surface area contributed by atoms with E-state index in [9.17, 15) is 4.79 Å². The van der Waals surface area contributed by atoms with E-state index < -0.39 is 0 Å². The molecule has 122 valence electrons. The molecule has 2 rings (SSSR count). The third-order valence-electron chi connectivity index (χ3n) is 4.05. The molecule has 0 aromatic carbocycles. The van der Waals surface area contributed by atoms with Crippen LogP contribution >= 0.6 is 0 Å². The summed E-state index contributed by atoms with van der Waals surface area (Å²) < 4.78 is 5.37. The van der Waals surface area contributed by atoms with E-state index in [0.29, 0.717) is 6.42 Å². The van der Waals surface area contributed by atoms with Gasteiger partial charge in [0, 0.05) is 39.3 Å². The second-order valence-electron chi connectivity index (χ2n) is 5.79. The maximum atomic E-state index is 12.1. The van der Waals surface area contributed by atoms with Crippen molar-refractivity contribution in [3.63, 3.8) is 0 Å². The first kappa shape index (κ1) is 16.7. The highest BCUT2D eigenvalue weighted by atomic mass is 16.5. The number of nitrogens with zero attached hydrogens (tertiary/aromatic N) is 3. The monoisotopic (exact) mass is 305 g/mol. The summed E-state index contributed by atoms with van der Waals surface area (Å²) in [4.78, 5) is 20.6. The van der Waals surface area contributed by atoms with Crippen molar-refractivity contribution in [1.29, 1.82) is 0 Å². The summed E-state index contributed by atoms with van der Waals surface area (Å²) in [7, 11) is 1.89. The summed E-state index contributed by atoms with van der Waals surface area (Å²) >= 11 is 0. The van der Waals surface area contributed by atoms with Gasteiger partial charge in [0.05, 0.1) is 13.2 Å². The van der Waals surface area contributed by atoms with Gasteiger partial charge in [-0.25, -0.2) is 4.98 Å². The van der Waals surface area contributed by atoms with Gasteiger partial charge in [0.15, 0.2) is 0 Å². The molecule has 1 aliphatic heterocycles. The minimum atomic E-state index is 0.221. The lowest BCUT2D eigenvalue weighted by Gasteiger charge is -2.28. The predicted molar refractivity (Wildman–Crippen MR) is 88.1 cm³/mol. The number of ether oxygens (including phenoxy) is 1. The fourth-order valence-corrected chi connectivity index (χ4v) is 2.54. The third kappa shape index (κ3) is 4.98. The summed E-state index contributed by atoms with van der Waals surface area (Å²) in [5.74, 6) is 1.21. The van der Waals surface area contributed by atoms with Crippen molar-refractivity contribution in [2.75, 3.05) is 44.8 Å². The lowest BCUT2D eigenvalue weighted by Crippen LogP contribution is -2.36. The molecule has 0 saturated carbocycles. The Hall–Kier alpha value is -1.62. The highest BCUT2D eigenvalue weighted by Crippen LogP contribution is 2.15. The van der Waals surface area contributed by atoms with Gasteiger partial charge >= 0.3 is 0 Å². The van der Waals surface area contributed by atoms with Crippen molar-refractivity contribution in [2.45, 2.75) is 32.6 Å². The van der Waals surface area contributed by atoms with Gasteiger partial charge in [0.1, 0.15) is 5.82 Å². The van der Waals surface area contributed by atoms with Crippen LogP contribution in [0, 0.1) is 0 Å². The molecule has 22 heavy (non-hydrogen) atoms. The van der Waals surface area contributed by atoms with Gasteiger partial charge in [-0.3, -0.25) is 4.79 Å². The van der Waals surface area contributed by atoms with Crippen LogP contribution in [-0.4, -0.2) is 55.7 Å². The summed E-state index contributed by atoms with van der Waals surface area (Å²) in [6, 6.07) is 4.11. The number of carbonyl (C=O) groups is 1. The van der Waals surface area contributed by atoms with Crippen LogP contribution < -0.4 is 4.90 Å². The minimum Gasteiger partial charge on any atom is -0.378 e. The fourth-order valence-electron chi connectivity index (χ4n) is 2.54. The Labute approximate surface area is 133 Å². The van der Waals surface area contributed by atoms with E-state index in [1.165, 1.54) is 5.56 Å². The third-order valence-corrected chi connectivity index (χ3v) is 4.05. The molecule has 1 aromatic heterocycles. The molecule has 1 amide bonds. The molecule has 1 saturated heterocycles. The molecule has 0 atom stereocenters. The topological polar surface area (TPSA) is 45.7 Å². The zero-order valence-electron chi connectivity index (χ0n) is 13.8. The van der Waals surface area contributed by atoms with Gasteiger partial charge < -0.3 is 14.5 Å². The van der Waals surface area contributed by atoms with E-state index in [1.807, 2.05) is 24.2 Å². The number of hydrogen-bond donors (Lipinski definition) is 0. The van der Waals surface area contributed by atoms with Gasteiger partial charge in [-0.2, -0.15) is 0 Å². The number of unbranched alkanes of at least 4 members (excludes halogenated alkanes) is 1. The second kappa shape index (κ2) is 8.73. The minimum absolute atomic E-state index is 0.221. The maximum absolute atomic E-state index is 12.1. The molecular weight excluding hydrogens is 278 g/mol. The molecule has 0 radical (unpaired) electrons. The highest BCUT2D eigenvalue weighted by Gasteiger charge is 2.13. The Morgan fingerprint density at radius 1 is 1.41 bits per heavy atom. The first-order valence-electron chi connectivity index (χ1n) is 8.22. The fraction of sp³-hybridized carbons (Fsp3) is 0.647. The van der Waals surface area contributed by atoms with Gasteiger partial charge in [0.25, 0.3) is 0 Å². The molecule has 1 aliphatic rings. The van der Waals surface area contributed by atoms with E-state index in [2.05, 4.69) is 22.9 Å². The Balaban J connectivity index is 1.86. The van der Waals surface area contributed by atoms with Crippen molar-refractivity contribution in [3.8, 4) is 0 Å². The van der Waals surface area contributed by atoms with Crippen LogP contribution in [0.1, 0.15) is 31.7 Å². The number of aryl methyl sites for hydroxylation is 1. The second-order valence-corrected chi connectivity index (χ2v) is 5.79. The van der Waals surface area contributed by atoms with E-state index in [0.717, 1.165) is 57.9 Å². The van der Waals surface area contributed by atoms with Gasteiger partial charge in [0.2, 0.25) is 5.91 Å². The number of anilines is 1. The van der Waals surface area contributed by atoms with Gasteiger partial charge in [-0.1, -0.05) is 13.3 Å². The van der Waals surface area contributed by atoms with Crippen molar-refractivity contribution in [1.82, 2.24) is 9.88 Å². The lowest BCUT2D eigenvalue weighted by molar-refractivity contribution is -0.129. The molecule has 0 unspecified atom stereocenters. The molecule has 2 heterocycles.